The molecule has 0 heterocycles. The van der Waals surface area contributed by atoms with Gasteiger partial charge < -0.3 is 5.73 Å². The molecule has 64 valence electrons. The van der Waals surface area contributed by atoms with E-state index >= 15 is 0 Å². The van der Waals surface area contributed by atoms with Gasteiger partial charge in [0.05, 0.1) is 5.69 Å². The molecule has 0 aliphatic rings. The van der Waals surface area contributed by atoms with E-state index < -0.39 is 0 Å². The van der Waals surface area contributed by atoms with E-state index in [2.05, 4.69) is 5.43 Å². The number of nitrogens with two attached hydrogens (primary N) is 1. The minimum absolute atomic E-state index is 0.318. The molecule has 0 amide bonds. The largest absolute Gasteiger partial charge is 0.375 e. The molecule has 0 spiro atoms. The number of para-hydroxylation sites is 1. The molecule has 1 aromatic carbocycles. The summed E-state index contributed by atoms with van der Waals surface area (Å²) in [5, 5.41) is 1.91. The van der Waals surface area contributed by atoms with Crippen molar-refractivity contribution in [3.05, 3.63) is 30.3 Å². The third-order valence-electron chi connectivity index (χ3n) is 1.40. The summed E-state index contributed by atoms with van der Waals surface area (Å²) in [5.74, 6) is 0. The highest BCUT2D eigenvalue weighted by atomic mass is 32.1. The molecule has 0 atom stereocenters. The Bertz CT molecular complexity index is 260. The summed E-state index contributed by atoms with van der Waals surface area (Å²) >= 11 is 4.76. The number of nitrogens with one attached hydrogen (secondary N) is 1. The fourth-order valence-electron chi connectivity index (χ4n) is 0.761. The van der Waals surface area contributed by atoms with Gasteiger partial charge in [-0.05, 0) is 24.4 Å². The van der Waals surface area contributed by atoms with Crippen molar-refractivity contribution in [2.75, 3.05) is 12.5 Å². The van der Waals surface area contributed by atoms with Crippen LogP contribution in [0.2, 0.25) is 0 Å². The maximum atomic E-state index is 5.38. The summed E-state index contributed by atoms with van der Waals surface area (Å²) < 4.78 is 0. The number of hydrogen-bond acceptors (Lipinski definition) is 2. The maximum absolute atomic E-state index is 5.38. The molecule has 0 saturated carbocycles. The Balaban J connectivity index is 2.58. The van der Waals surface area contributed by atoms with Crippen LogP contribution in [0.4, 0.5) is 5.69 Å². The molecule has 3 N–H and O–H groups in total. The lowest BCUT2D eigenvalue weighted by molar-refractivity contribution is 0.614. The van der Waals surface area contributed by atoms with Crippen LogP contribution in [0.3, 0.4) is 0 Å². The van der Waals surface area contributed by atoms with Crippen LogP contribution in [-0.2, 0) is 0 Å². The molecule has 12 heavy (non-hydrogen) atoms. The Morgan fingerprint density at radius 2 is 2.00 bits per heavy atom. The molecule has 0 aliphatic heterocycles. The molecule has 3 nitrogen and oxygen atoms in total. The zero-order chi connectivity index (χ0) is 8.97. The van der Waals surface area contributed by atoms with Crippen LogP contribution >= 0.6 is 12.2 Å². The molecule has 0 saturated heterocycles. The summed E-state index contributed by atoms with van der Waals surface area (Å²) in [5.41, 5.74) is 9.35. The highest BCUT2D eigenvalue weighted by Gasteiger charge is 1.96. The maximum Gasteiger partial charge on any atom is 0.184 e. The first kappa shape index (κ1) is 8.80. The fourth-order valence-corrected chi connectivity index (χ4v) is 0.807. The van der Waals surface area contributed by atoms with Gasteiger partial charge in [0.2, 0.25) is 0 Å². The van der Waals surface area contributed by atoms with Crippen LogP contribution in [0.1, 0.15) is 0 Å². The van der Waals surface area contributed by atoms with E-state index in [1.54, 1.807) is 12.1 Å². The number of nitrogens with zero attached hydrogens (tertiary/aromatic N) is 1. The van der Waals surface area contributed by atoms with Gasteiger partial charge in [-0.2, -0.15) is 0 Å². The monoisotopic (exact) mass is 181 g/mol. The zero-order valence-electron chi connectivity index (χ0n) is 6.82. The van der Waals surface area contributed by atoms with Gasteiger partial charge in [-0.25, -0.2) is 0 Å². The van der Waals surface area contributed by atoms with Crippen LogP contribution in [0.15, 0.2) is 30.3 Å². The average Bonchev–Trinajstić information content (AvgIpc) is 2.06. The van der Waals surface area contributed by atoms with Crippen molar-refractivity contribution < 1.29 is 0 Å². The minimum atomic E-state index is 0.318. The Morgan fingerprint density at radius 3 is 2.50 bits per heavy atom. The molecule has 0 bridgehead atoms. The van der Waals surface area contributed by atoms with Gasteiger partial charge >= 0.3 is 0 Å². The second-order valence-corrected chi connectivity index (χ2v) is 2.79. The second kappa shape index (κ2) is 3.92. The van der Waals surface area contributed by atoms with Gasteiger partial charge in [-0.3, -0.25) is 10.4 Å². The molecule has 1 aromatic rings. The van der Waals surface area contributed by atoms with Crippen LogP contribution < -0.4 is 11.2 Å². The minimum Gasteiger partial charge on any atom is -0.375 e. The first-order valence-corrected chi connectivity index (χ1v) is 3.96. The van der Waals surface area contributed by atoms with Crippen molar-refractivity contribution in [3.63, 3.8) is 0 Å². The van der Waals surface area contributed by atoms with Gasteiger partial charge in [0.1, 0.15) is 0 Å². The molecule has 0 unspecified atom stereocenters. The summed E-state index contributed by atoms with van der Waals surface area (Å²) in [4.78, 5) is 0. The highest BCUT2D eigenvalue weighted by molar-refractivity contribution is 7.80. The Kier molecular flexibility index (Phi) is 2.88. The van der Waals surface area contributed by atoms with Gasteiger partial charge in [0.25, 0.3) is 0 Å². The van der Waals surface area contributed by atoms with Crippen molar-refractivity contribution in [1.82, 2.24) is 5.01 Å². The molecule has 1 rings (SSSR count). The average molecular weight is 181 g/mol. The summed E-state index contributed by atoms with van der Waals surface area (Å²) in [6, 6.07) is 9.71. The molecule has 0 radical (unpaired) electrons. The summed E-state index contributed by atoms with van der Waals surface area (Å²) in [6.07, 6.45) is 0. The fraction of sp³-hybridized carbons (Fsp3) is 0.125. The highest BCUT2D eigenvalue weighted by Crippen LogP contribution is 2.04. The number of rotatable bonds is 2. The number of thiocarbonyl (C=S) groups is 1. The quantitative estimate of drug-likeness (QED) is 0.531. The lowest BCUT2D eigenvalue weighted by Gasteiger charge is -2.18. The van der Waals surface area contributed by atoms with E-state index in [1.165, 1.54) is 0 Å². The van der Waals surface area contributed by atoms with E-state index in [9.17, 15) is 0 Å². The Labute approximate surface area is 77.1 Å². The molecular weight excluding hydrogens is 170 g/mol. The molecule has 0 aromatic heterocycles. The lowest BCUT2D eigenvalue weighted by Crippen LogP contribution is -2.36. The number of anilines is 1. The Hall–Kier alpha value is -1.29. The molecular formula is C8H11N3S. The first-order chi connectivity index (χ1) is 5.70. The van der Waals surface area contributed by atoms with Crippen LogP contribution in [0, 0.1) is 0 Å². The Morgan fingerprint density at radius 1 is 1.42 bits per heavy atom. The van der Waals surface area contributed by atoms with Crippen molar-refractivity contribution in [1.29, 1.82) is 0 Å². The van der Waals surface area contributed by atoms with Crippen molar-refractivity contribution in [3.8, 4) is 0 Å². The van der Waals surface area contributed by atoms with Gasteiger partial charge in [0, 0.05) is 7.05 Å². The van der Waals surface area contributed by atoms with Gasteiger partial charge in [-0.15, -0.1) is 0 Å². The van der Waals surface area contributed by atoms with Crippen molar-refractivity contribution in [2.45, 2.75) is 0 Å². The van der Waals surface area contributed by atoms with E-state index in [0.717, 1.165) is 5.69 Å². The molecule has 4 heteroatoms. The topological polar surface area (TPSA) is 41.3 Å². The zero-order valence-corrected chi connectivity index (χ0v) is 7.64. The van der Waals surface area contributed by atoms with Crippen LogP contribution in [0.5, 0.6) is 0 Å². The third kappa shape index (κ3) is 2.39. The van der Waals surface area contributed by atoms with E-state index in [1.807, 2.05) is 30.3 Å². The van der Waals surface area contributed by atoms with Crippen LogP contribution in [-0.4, -0.2) is 17.2 Å². The number of hydrogen-bond donors (Lipinski definition) is 2. The number of hydrazine groups is 1. The predicted octanol–water partition coefficient (Wildman–Crippen LogP) is 1.19. The second-order valence-electron chi connectivity index (χ2n) is 2.38. The lowest BCUT2D eigenvalue weighted by atomic mass is 10.3. The molecule has 0 aliphatic carbocycles. The normalized spacial score (nSPS) is 9.08. The van der Waals surface area contributed by atoms with Crippen molar-refractivity contribution >= 4 is 23.0 Å². The number of benzene rings is 1. The van der Waals surface area contributed by atoms with Gasteiger partial charge in [0.15, 0.2) is 5.11 Å². The van der Waals surface area contributed by atoms with Crippen molar-refractivity contribution in [2.24, 2.45) is 5.73 Å². The predicted molar refractivity (Wildman–Crippen MR) is 54.6 cm³/mol. The first-order valence-electron chi connectivity index (χ1n) is 3.55. The summed E-state index contributed by atoms with van der Waals surface area (Å²) in [7, 11) is 1.77. The van der Waals surface area contributed by atoms with Gasteiger partial charge in [-0.1, -0.05) is 18.2 Å². The van der Waals surface area contributed by atoms with E-state index in [0.29, 0.717) is 5.11 Å². The standard InChI is InChI=1S/C8H11N3S/c1-11(8(9)12)10-7-5-3-2-4-6-7/h2-6,10H,1H3,(H2,9,12). The van der Waals surface area contributed by atoms with E-state index in [4.69, 9.17) is 18.0 Å². The third-order valence-corrected chi connectivity index (χ3v) is 1.68. The van der Waals surface area contributed by atoms with Crippen LogP contribution in [0.25, 0.3) is 0 Å². The van der Waals surface area contributed by atoms with E-state index in [-0.39, 0.29) is 0 Å². The SMILES string of the molecule is CN(Nc1ccccc1)C(N)=S. The summed E-state index contributed by atoms with van der Waals surface area (Å²) in [6.45, 7) is 0. The molecule has 0 fully saturated rings. The smallest absolute Gasteiger partial charge is 0.184 e.